The van der Waals surface area contributed by atoms with Crippen molar-refractivity contribution in [2.24, 2.45) is 4.99 Å². The number of thiazole rings is 1. The number of aromatic nitrogens is 1. The van der Waals surface area contributed by atoms with E-state index in [-0.39, 0.29) is 24.7 Å². The molecule has 1 aromatic heterocycles. The van der Waals surface area contributed by atoms with Gasteiger partial charge in [-0.3, -0.25) is 19.3 Å². The largest absolute Gasteiger partial charge is 0.380 e. The highest BCUT2D eigenvalue weighted by atomic mass is 35.5. The van der Waals surface area contributed by atoms with E-state index < -0.39 is 5.91 Å². The van der Waals surface area contributed by atoms with Gasteiger partial charge in [0.15, 0.2) is 4.80 Å². The molecule has 0 aliphatic carbocycles. The average molecular weight is 458 g/mol. The van der Waals surface area contributed by atoms with Crippen LogP contribution in [0.15, 0.2) is 47.5 Å². The summed E-state index contributed by atoms with van der Waals surface area (Å²) in [6, 6.07) is 11.9. The van der Waals surface area contributed by atoms with Crippen molar-refractivity contribution in [1.82, 2.24) is 4.57 Å². The van der Waals surface area contributed by atoms with Crippen LogP contribution in [0.3, 0.4) is 0 Å². The Morgan fingerprint density at radius 2 is 1.84 bits per heavy atom. The van der Waals surface area contributed by atoms with Gasteiger partial charge < -0.3 is 9.30 Å². The number of ether oxygens (including phenoxy) is 1. The summed E-state index contributed by atoms with van der Waals surface area (Å²) in [4.78, 5) is 42.6. The number of rotatable bonds is 6. The van der Waals surface area contributed by atoms with Crippen molar-refractivity contribution < 1.29 is 19.1 Å². The molecule has 160 valence electrons. The van der Waals surface area contributed by atoms with Crippen molar-refractivity contribution >= 4 is 56.6 Å². The molecule has 0 bridgehead atoms. The summed E-state index contributed by atoms with van der Waals surface area (Å²) in [6.07, 6.45) is 0.427. The summed E-state index contributed by atoms with van der Waals surface area (Å²) in [5.74, 6) is -0.879. The number of carbonyl (C=O) groups is 3. The van der Waals surface area contributed by atoms with Crippen LogP contribution in [0.1, 0.15) is 30.1 Å². The number of hydrogen-bond acceptors (Lipinski definition) is 5. The van der Waals surface area contributed by atoms with Gasteiger partial charge in [0, 0.05) is 31.6 Å². The van der Waals surface area contributed by atoms with E-state index in [4.69, 9.17) is 16.3 Å². The second-order valence-corrected chi connectivity index (χ2v) is 8.32. The molecule has 7 nitrogen and oxygen atoms in total. The molecule has 2 aromatic carbocycles. The average Bonchev–Trinajstić information content (AvgIpc) is 3.28. The van der Waals surface area contributed by atoms with Crippen molar-refractivity contribution in [2.45, 2.75) is 26.3 Å². The topological polar surface area (TPSA) is 81.0 Å². The highest BCUT2D eigenvalue weighted by Gasteiger charge is 2.30. The first kappa shape index (κ1) is 21.4. The van der Waals surface area contributed by atoms with Crippen molar-refractivity contribution in [2.75, 3.05) is 18.1 Å². The molecule has 31 heavy (non-hydrogen) atoms. The second-order valence-electron chi connectivity index (χ2n) is 6.91. The number of imide groups is 1. The number of hydrogen-bond donors (Lipinski definition) is 0. The van der Waals surface area contributed by atoms with Crippen LogP contribution in [0, 0.1) is 0 Å². The van der Waals surface area contributed by atoms with Crippen LogP contribution in [0.5, 0.6) is 0 Å². The number of nitrogens with zero attached hydrogens (tertiary/aromatic N) is 3. The van der Waals surface area contributed by atoms with E-state index in [0.29, 0.717) is 40.8 Å². The van der Waals surface area contributed by atoms with Gasteiger partial charge >= 0.3 is 0 Å². The number of carbonyl (C=O) groups excluding carboxylic acids is 3. The summed E-state index contributed by atoms with van der Waals surface area (Å²) < 4.78 is 8.30. The predicted molar refractivity (Wildman–Crippen MR) is 119 cm³/mol. The minimum absolute atomic E-state index is 0.213. The first-order chi connectivity index (χ1) is 15.0. The molecule has 0 saturated carbocycles. The SMILES string of the molecule is CCOCCn1c(=NC(=O)c2ccc(N3C(=O)CCC3=O)cc2)sc2cccc(Cl)c21. The fourth-order valence-electron chi connectivity index (χ4n) is 3.45. The van der Waals surface area contributed by atoms with Crippen LogP contribution < -0.4 is 9.70 Å². The van der Waals surface area contributed by atoms with Gasteiger partial charge in [-0.15, -0.1) is 0 Å². The number of halogens is 1. The van der Waals surface area contributed by atoms with Crippen LogP contribution in [0.2, 0.25) is 5.02 Å². The van der Waals surface area contributed by atoms with Gasteiger partial charge in [-0.1, -0.05) is 29.0 Å². The van der Waals surface area contributed by atoms with Crippen molar-refractivity contribution in [3.63, 3.8) is 0 Å². The molecule has 1 aliphatic rings. The summed E-state index contributed by atoms with van der Waals surface area (Å²) in [6.45, 7) is 3.50. The van der Waals surface area contributed by atoms with E-state index in [1.165, 1.54) is 11.3 Å². The van der Waals surface area contributed by atoms with Gasteiger partial charge in [0.05, 0.1) is 27.5 Å². The Morgan fingerprint density at radius 1 is 1.13 bits per heavy atom. The molecule has 1 fully saturated rings. The number of anilines is 1. The number of benzene rings is 2. The Morgan fingerprint density at radius 3 is 2.52 bits per heavy atom. The lowest BCUT2D eigenvalue weighted by atomic mass is 10.2. The van der Waals surface area contributed by atoms with Gasteiger partial charge in [0.1, 0.15) is 0 Å². The van der Waals surface area contributed by atoms with Crippen molar-refractivity contribution in [1.29, 1.82) is 0 Å². The Balaban J connectivity index is 1.67. The molecule has 1 saturated heterocycles. The van der Waals surface area contributed by atoms with Crippen LogP contribution in [0.25, 0.3) is 10.2 Å². The fraction of sp³-hybridized carbons (Fsp3) is 0.273. The van der Waals surface area contributed by atoms with Gasteiger partial charge in [0.25, 0.3) is 5.91 Å². The molecule has 9 heteroatoms. The number of para-hydroxylation sites is 1. The Bertz CT molecular complexity index is 1210. The highest BCUT2D eigenvalue weighted by Crippen LogP contribution is 2.26. The van der Waals surface area contributed by atoms with Gasteiger partial charge in [-0.25, -0.2) is 0 Å². The molecule has 0 N–H and O–H groups in total. The monoisotopic (exact) mass is 457 g/mol. The van der Waals surface area contributed by atoms with E-state index in [0.717, 1.165) is 15.1 Å². The molecular weight excluding hydrogens is 438 g/mol. The lowest BCUT2D eigenvalue weighted by Crippen LogP contribution is -2.28. The standard InChI is InChI=1S/C22H20ClN3O4S/c1-2-30-13-12-25-20-16(23)4-3-5-17(20)31-22(25)24-21(29)14-6-8-15(9-7-14)26-18(27)10-11-19(26)28/h3-9H,2,10-13H2,1H3. The first-order valence-electron chi connectivity index (χ1n) is 9.90. The molecule has 3 aromatic rings. The minimum Gasteiger partial charge on any atom is -0.380 e. The maximum absolute atomic E-state index is 12.8. The summed E-state index contributed by atoms with van der Waals surface area (Å²) >= 11 is 7.78. The van der Waals surface area contributed by atoms with Crippen LogP contribution in [-0.4, -0.2) is 35.5 Å². The highest BCUT2D eigenvalue weighted by molar-refractivity contribution is 7.16. The van der Waals surface area contributed by atoms with Crippen molar-refractivity contribution in [3.05, 3.63) is 57.9 Å². The van der Waals surface area contributed by atoms with Crippen molar-refractivity contribution in [3.8, 4) is 0 Å². The van der Waals surface area contributed by atoms with E-state index in [1.54, 1.807) is 30.3 Å². The van der Waals surface area contributed by atoms with Gasteiger partial charge in [0.2, 0.25) is 11.8 Å². The molecule has 4 rings (SSSR count). The lowest BCUT2D eigenvalue weighted by molar-refractivity contribution is -0.121. The Labute approximate surface area is 187 Å². The predicted octanol–water partition coefficient (Wildman–Crippen LogP) is 3.79. The normalized spacial score (nSPS) is 14.8. The zero-order chi connectivity index (χ0) is 22.0. The fourth-order valence-corrected chi connectivity index (χ4v) is 4.86. The van der Waals surface area contributed by atoms with Gasteiger partial charge in [-0.05, 0) is 43.3 Å². The smallest absolute Gasteiger partial charge is 0.279 e. The van der Waals surface area contributed by atoms with E-state index in [1.807, 2.05) is 23.6 Å². The molecule has 0 spiro atoms. The maximum Gasteiger partial charge on any atom is 0.279 e. The second kappa shape index (κ2) is 9.13. The number of amides is 3. The van der Waals surface area contributed by atoms with Crippen LogP contribution in [-0.2, 0) is 20.9 Å². The Hall–Kier alpha value is -2.81. The molecule has 0 atom stereocenters. The summed E-state index contributed by atoms with van der Waals surface area (Å²) in [7, 11) is 0. The molecule has 0 unspecified atom stereocenters. The lowest BCUT2D eigenvalue weighted by Gasteiger charge is -2.13. The molecule has 3 amide bonds. The zero-order valence-corrected chi connectivity index (χ0v) is 18.4. The van der Waals surface area contributed by atoms with Crippen LogP contribution >= 0.6 is 22.9 Å². The molecule has 1 aliphatic heterocycles. The zero-order valence-electron chi connectivity index (χ0n) is 16.8. The van der Waals surface area contributed by atoms with E-state index >= 15 is 0 Å². The van der Waals surface area contributed by atoms with E-state index in [9.17, 15) is 14.4 Å². The third-order valence-corrected chi connectivity index (χ3v) is 6.28. The Kier molecular flexibility index (Phi) is 6.31. The third kappa shape index (κ3) is 4.32. The quantitative estimate of drug-likeness (QED) is 0.416. The molecule has 2 heterocycles. The summed E-state index contributed by atoms with van der Waals surface area (Å²) in [5.41, 5.74) is 1.65. The molecule has 0 radical (unpaired) electrons. The molecular formula is C22H20ClN3O4S. The summed E-state index contributed by atoms with van der Waals surface area (Å²) in [5, 5.41) is 0.587. The van der Waals surface area contributed by atoms with Crippen LogP contribution in [0.4, 0.5) is 5.69 Å². The van der Waals surface area contributed by atoms with E-state index in [2.05, 4.69) is 4.99 Å². The first-order valence-corrected chi connectivity index (χ1v) is 11.1. The number of fused-ring (bicyclic) bond motifs is 1. The third-order valence-electron chi connectivity index (χ3n) is 4.94. The maximum atomic E-state index is 12.8. The minimum atomic E-state index is -0.418. The van der Waals surface area contributed by atoms with Gasteiger partial charge in [-0.2, -0.15) is 4.99 Å².